The minimum atomic E-state index is 0.716. The number of hydrogen-bond acceptors (Lipinski definition) is 4. The fourth-order valence-electron chi connectivity index (χ4n) is 1.02. The molecule has 0 fully saturated rings. The summed E-state index contributed by atoms with van der Waals surface area (Å²) < 4.78 is 0. The molecule has 15 heavy (non-hydrogen) atoms. The van der Waals surface area contributed by atoms with Gasteiger partial charge in [0.15, 0.2) is 5.11 Å². The Kier molecular flexibility index (Phi) is 6.22. The van der Waals surface area contributed by atoms with Gasteiger partial charge >= 0.3 is 0 Å². The Morgan fingerprint density at radius 1 is 1.47 bits per heavy atom. The third-order valence-corrected chi connectivity index (χ3v) is 2.75. The van der Waals surface area contributed by atoms with Gasteiger partial charge < -0.3 is 16.0 Å². The zero-order chi connectivity index (χ0) is 10.9. The van der Waals surface area contributed by atoms with Crippen molar-refractivity contribution in [2.24, 2.45) is 0 Å². The van der Waals surface area contributed by atoms with Gasteiger partial charge in [0.1, 0.15) is 5.01 Å². The molecule has 0 aliphatic carbocycles. The summed E-state index contributed by atoms with van der Waals surface area (Å²) >= 11 is 6.69. The number of thiazole rings is 1. The number of hydrogen-bond donors (Lipinski definition) is 3. The molecule has 1 aromatic rings. The second-order valence-corrected chi connectivity index (χ2v) is 4.28. The van der Waals surface area contributed by atoms with Crippen LogP contribution in [0.1, 0.15) is 11.9 Å². The van der Waals surface area contributed by atoms with Gasteiger partial charge in [-0.1, -0.05) is 0 Å². The summed E-state index contributed by atoms with van der Waals surface area (Å²) in [6.07, 6.45) is 1.82. The highest BCUT2D eigenvalue weighted by molar-refractivity contribution is 7.80. The highest BCUT2D eigenvalue weighted by Crippen LogP contribution is 2.01. The lowest BCUT2D eigenvalue weighted by atomic mass is 10.5. The Morgan fingerprint density at radius 3 is 3.00 bits per heavy atom. The van der Waals surface area contributed by atoms with E-state index in [0.717, 1.165) is 31.2 Å². The van der Waals surface area contributed by atoms with E-state index in [2.05, 4.69) is 20.9 Å². The topological polar surface area (TPSA) is 49.0 Å². The lowest BCUT2D eigenvalue weighted by Gasteiger charge is -2.08. The van der Waals surface area contributed by atoms with Crippen LogP contribution in [0.5, 0.6) is 0 Å². The van der Waals surface area contributed by atoms with Gasteiger partial charge in [0.2, 0.25) is 0 Å². The van der Waals surface area contributed by atoms with Gasteiger partial charge in [0.25, 0.3) is 0 Å². The van der Waals surface area contributed by atoms with Crippen molar-refractivity contribution in [3.05, 3.63) is 16.6 Å². The number of aromatic nitrogens is 1. The molecule has 0 aliphatic rings. The molecule has 6 heteroatoms. The van der Waals surface area contributed by atoms with E-state index in [0.29, 0.717) is 5.11 Å². The SMILES string of the molecule is CCNC(=S)NCCNCc1nccs1. The molecule has 0 amide bonds. The molecule has 0 aromatic carbocycles. The van der Waals surface area contributed by atoms with Crippen LogP contribution in [0.2, 0.25) is 0 Å². The van der Waals surface area contributed by atoms with Crippen LogP contribution >= 0.6 is 23.6 Å². The van der Waals surface area contributed by atoms with Gasteiger partial charge in [-0.3, -0.25) is 0 Å². The van der Waals surface area contributed by atoms with Gasteiger partial charge in [-0.05, 0) is 19.1 Å². The van der Waals surface area contributed by atoms with Gasteiger partial charge in [0.05, 0.1) is 0 Å². The summed E-state index contributed by atoms with van der Waals surface area (Å²) in [5, 5.41) is 13.2. The fourth-order valence-corrected chi connectivity index (χ4v) is 1.86. The number of nitrogens with one attached hydrogen (secondary N) is 3. The first-order valence-corrected chi connectivity index (χ1v) is 6.22. The summed E-state index contributed by atoms with van der Waals surface area (Å²) in [5.74, 6) is 0. The Balaban J connectivity index is 1.95. The molecule has 84 valence electrons. The molecule has 1 heterocycles. The van der Waals surface area contributed by atoms with Crippen LogP contribution in [0.3, 0.4) is 0 Å². The molecule has 0 bridgehead atoms. The molecule has 0 saturated carbocycles. The normalized spacial score (nSPS) is 9.93. The van der Waals surface area contributed by atoms with Crippen LogP contribution in [0.25, 0.3) is 0 Å². The summed E-state index contributed by atoms with van der Waals surface area (Å²) in [5.41, 5.74) is 0. The second kappa shape index (κ2) is 7.56. The van der Waals surface area contributed by atoms with Gasteiger partial charge in [-0.25, -0.2) is 4.98 Å². The molecule has 0 spiro atoms. The van der Waals surface area contributed by atoms with Crippen molar-refractivity contribution in [2.45, 2.75) is 13.5 Å². The van der Waals surface area contributed by atoms with Crippen LogP contribution in [0, 0.1) is 0 Å². The van der Waals surface area contributed by atoms with Crippen molar-refractivity contribution < 1.29 is 0 Å². The lowest BCUT2D eigenvalue weighted by molar-refractivity contribution is 0.666. The molecule has 3 N–H and O–H groups in total. The zero-order valence-electron chi connectivity index (χ0n) is 8.75. The summed E-state index contributed by atoms with van der Waals surface area (Å²) in [6.45, 7) is 5.42. The van der Waals surface area contributed by atoms with Crippen molar-refractivity contribution >= 4 is 28.7 Å². The van der Waals surface area contributed by atoms with E-state index in [1.54, 1.807) is 11.3 Å². The van der Waals surface area contributed by atoms with E-state index < -0.39 is 0 Å². The average molecular weight is 244 g/mol. The standard InChI is InChI=1S/C9H16N4S2/c1-2-11-9(14)13-4-3-10-7-8-12-5-6-15-8/h5-6,10H,2-4,7H2,1H3,(H2,11,13,14). The molecule has 1 rings (SSSR count). The minimum Gasteiger partial charge on any atom is -0.363 e. The van der Waals surface area contributed by atoms with Crippen LogP contribution in [0.15, 0.2) is 11.6 Å². The Labute approximate surface area is 99.5 Å². The monoisotopic (exact) mass is 244 g/mol. The van der Waals surface area contributed by atoms with Crippen LogP contribution in [0.4, 0.5) is 0 Å². The first kappa shape index (κ1) is 12.4. The lowest BCUT2D eigenvalue weighted by Crippen LogP contribution is -2.38. The van der Waals surface area contributed by atoms with Gasteiger partial charge in [0, 0.05) is 37.8 Å². The van der Waals surface area contributed by atoms with Crippen molar-refractivity contribution in [1.29, 1.82) is 0 Å². The molecular weight excluding hydrogens is 228 g/mol. The molecule has 1 aromatic heterocycles. The van der Waals surface area contributed by atoms with E-state index in [4.69, 9.17) is 12.2 Å². The molecule has 0 aliphatic heterocycles. The maximum atomic E-state index is 5.02. The molecule has 4 nitrogen and oxygen atoms in total. The minimum absolute atomic E-state index is 0.716. The predicted molar refractivity (Wildman–Crippen MR) is 68.1 cm³/mol. The first-order chi connectivity index (χ1) is 7.33. The van der Waals surface area contributed by atoms with E-state index >= 15 is 0 Å². The highest BCUT2D eigenvalue weighted by Gasteiger charge is 1.94. The number of thiocarbonyl (C=S) groups is 1. The predicted octanol–water partition coefficient (Wildman–Crippen LogP) is 0.717. The number of nitrogens with zero attached hydrogens (tertiary/aromatic N) is 1. The quantitative estimate of drug-likeness (QED) is 0.508. The Bertz CT molecular complexity index is 274. The van der Waals surface area contributed by atoms with Crippen LogP contribution in [-0.2, 0) is 6.54 Å². The molecule has 0 unspecified atom stereocenters. The maximum Gasteiger partial charge on any atom is 0.166 e. The second-order valence-electron chi connectivity index (χ2n) is 2.89. The van der Waals surface area contributed by atoms with Crippen molar-refractivity contribution in [3.63, 3.8) is 0 Å². The van der Waals surface area contributed by atoms with E-state index in [1.165, 1.54) is 0 Å². The highest BCUT2D eigenvalue weighted by atomic mass is 32.1. The molecule has 0 radical (unpaired) electrons. The first-order valence-electron chi connectivity index (χ1n) is 4.93. The largest absolute Gasteiger partial charge is 0.363 e. The third-order valence-electron chi connectivity index (χ3n) is 1.68. The summed E-state index contributed by atoms with van der Waals surface area (Å²) in [6, 6.07) is 0. The Morgan fingerprint density at radius 2 is 2.33 bits per heavy atom. The molecular formula is C9H16N4S2. The van der Waals surface area contributed by atoms with E-state index in [1.807, 2.05) is 18.5 Å². The van der Waals surface area contributed by atoms with Crippen molar-refractivity contribution in [2.75, 3.05) is 19.6 Å². The summed E-state index contributed by atoms with van der Waals surface area (Å²) in [7, 11) is 0. The molecule has 0 saturated heterocycles. The van der Waals surface area contributed by atoms with E-state index in [-0.39, 0.29) is 0 Å². The van der Waals surface area contributed by atoms with Crippen LogP contribution < -0.4 is 16.0 Å². The Hall–Kier alpha value is -0.720. The maximum absolute atomic E-state index is 5.02. The zero-order valence-corrected chi connectivity index (χ0v) is 10.4. The molecule has 0 atom stereocenters. The van der Waals surface area contributed by atoms with Crippen molar-refractivity contribution in [3.8, 4) is 0 Å². The van der Waals surface area contributed by atoms with Crippen LogP contribution in [-0.4, -0.2) is 29.7 Å². The summed E-state index contributed by atoms with van der Waals surface area (Å²) in [4.78, 5) is 4.18. The fraction of sp³-hybridized carbons (Fsp3) is 0.556. The number of rotatable bonds is 6. The van der Waals surface area contributed by atoms with Crippen molar-refractivity contribution in [1.82, 2.24) is 20.9 Å². The smallest absolute Gasteiger partial charge is 0.166 e. The average Bonchev–Trinajstić information content (AvgIpc) is 2.70. The third kappa shape index (κ3) is 5.66. The van der Waals surface area contributed by atoms with E-state index in [9.17, 15) is 0 Å². The van der Waals surface area contributed by atoms with Gasteiger partial charge in [-0.15, -0.1) is 11.3 Å². The van der Waals surface area contributed by atoms with Gasteiger partial charge in [-0.2, -0.15) is 0 Å².